The van der Waals surface area contributed by atoms with E-state index in [0.29, 0.717) is 16.9 Å². The van der Waals surface area contributed by atoms with Gasteiger partial charge < -0.3 is 5.11 Å². The highest BCUT2D eigenvalue weighted by Gasteiger charge is 2.60. The van der Waals surface area contributed by atoms with E-state index in [1.54, 1.807) is 54.6 Å². The molecule has 0 unspecified atom stereocenters. The average Bonchev–Trinajstić information content (AvgIpc) is 3.31. The Labute approximate surface area is 191 Å². The van der Waals surface area contributed by atoms with Crippen LogP contribution in [-0.4, -0.2) is 29.0 Å². The molecule has 0 aliphatic carbocycles. The van der Waals surface area contributed by atoms with E-state index in [4.69, 9.17) is 4.84 Å². The maximum absolute atomic E-state index is 13.6. The summed E-state index contributed by atoms with van der Waals surface area (Å²) >= 11 is 3.35. The Bertz CT molecular complexity index is 1210. The third-order valence-electron chi connectivity index (χ3n) is 5.72. The number of hydrogen-bond donors (Lipinski definition) is 1. The van der Waals surface area contributed by atoms with Crippen molar-refractivity contribution in [1.29, 1.82) is 0 Å². The van der Waals surface area contributed by atoms with Gasteiger partial charge in [-0.05, 0) is 48.0 Å². The minimum absolute atomic E-state index is 0.0602. The number of amides is 2. The van der Waals surface area contributed by atoms with Gasteiger partial charge >= 0.3 is 5.97 Å². The molecule has 3 aromatic carbocycles. The lowest BCUT2D eigenvalue weighted by molar-refractivity contribution is -0.126. The third-order valence-corrected chi connectivity index (χ3v) is 6.25. The number of fused-ring (bicyclic) bond motifs is 1. The van der Waals surface area contributed by atoms with E-state index in [-0.39, 0.29) is 5.56 Å². The Morgan fingerprint density at radius 2 is 1.50 bits per heavy atom. The van der Waals surface area contributed by atoms with Gasteiger partial charge in [0.1, 0.15) is 5.92 Å². The lowest BCUT2D eigenvalue weighted by Crippen LogP contribution is -2.37. The first kappa shape index (κ1) is 20.4. The number of hydrogen-bond acceptors (Lipinski definition) is 5. The van der Waals surface area contributed by atoms with Crippen molar-refractivity contribution in [2.75, 3.05) is 9.96 Å². The first-order valence-corrected chi connectivity index (χ1v) is 10.7. The van der Waals surface area contributed by atoms with Crippen molar-refractivity contribution < 1.29 is 24.3 Å². The Morgan fingerprint density at radius 1 is 0.844 bits per heavy atom. The van der Waals surface area contributed by atoms with Gasteiger partial charge in [-0.25, -0.2) is 14.8 Å². The summed E-state index contributed by atoms with van der Waals surface area (Å²) in [7, 11) is 0. The summed E-state index contributed by atoms with van der Waals surface area (Å²) in [6, 6.07) is 21.6. The monoisotopic (exact) mass is 492 g/mol. The SMILES string of the molecule is O=C(O)c1ccccc1[C@@H]1[C@@H]2C(=O)N(c3ccc(Br)cc3)C(=O)[C@@H]2ON1c1ccccc1. The van der Waals surface area contributed by atoms with Crippen LogP contribution in [0, 0.1) is 5.92 Å². The number of benzene rings is 3. The van der Waals surface area contributed by atoms with Crippen LogP contribution < -0.4 is 9.96 Å². The fourth-order valence-corrected chi connectivity index (χ4v) is 4.59. The third kappa shape index (κ3) is 3.19. The zero-order valence-corrected chi connectivity index (χ0v) is 18.2. The van der Waals surface area contributed by atoms with E-state index in [2.05, 4.69) is 15.9 Å². The van der Waals surface area contributed by atoms with Gasteiger partial charge in [0.05, 0.1) is 23.0 Å². The topological polar surface area (TPSA) is 87.2 Å². The molecule has 2 fully saturated rings. The number of carboxylic acids is 1. The molecule has 1 N–H and O–H groups in total. The molecule has 7 nitrogen and oxygen atoms in total. The van der Waals surface area contributed by atoms with Crippen molar-refractivity contribution in [3.8, 4) is 0 Å². The van der Waals surface area contributed by atoms with Gasteiger partial charge in [-0.3, -0.25) is 14.4 Å². The van der Waals surface area contributed by atoms with Crippen molar-refractivity contribution in [3.63, 3.8) is 0 Å². The number of halogens is 1. The minimum Gasteiger partial charge on any atom is -0.478 e. The number of para-hydroxylation sites is 1. The normalized spacial score (nSPS) is 22.3. The van der Waals surface area contributed by atoms with Gasteiger partial charge in [0.15, 0.2) is 6.10 Å². The molecule has 0 aromatic heterocycles. The van der Waals surface area contributed by atoms with Gasteiger partial charge in [-0.15, -0.1) is 0 Å². The minimum atomic E-state index is -1.11. The molecule has 0 spiro atoms. The summed E-state index contributed by atoms with van der Waals surface area (Å²) in [5.41, 5.74) is 1.54. The molecule has 32 heavy (non-hydrogen) atoms. The predicted molar refractivity (Wildman–Crippen MR) is 120 cm³/mol. The summed E-state index contributed by atoms with van der Waals surface area (Å²) in [6.07, 6.45) is -1.06. The maximum Gasteiger partial charge on any atom is 0.336 e. The van der Waals surface area contributed by atoms with Crippen LogP contribution >= 0.6 is 15.9 Å². The summed E-state index contributed by atoms with van der Waals surface area (Å²) in [5, 5.41) is 11.3. The predicted octanol–water partition coefficient (Wildman–Crippen LogP) is 4.20. The lowest BCUT2D eigenvalue weighted by Gasteiger charge is -2.29. The fraction of sp³-hybridized carbons (Fsp3) is 0.125. The Morgan fingerprint density at radius 3 is 2.19 bits per heavy atom. The first-order chi connectivity index (χ1) is 15.5. The molecule has 8 heteroatoms. The summed E-state index contributed by atoms with van der Waals surface area (Å²) in [6.45, 7) is 0. The van der Waals surface area contributed by atoms with Gasteiger partial charge in [0.25, 0.3) is 5.91 Å². The van der Waals surface area contributed by atoms with Crippen LogP contribution in [0.5, 0.6) is 0 Å². The van der Waals surface area contributed by atoms with Crippen LogP contribution in [0.4, 0.5) is 11.4 Å². The molecule has 2 aliphatic rings. The Balaban J connectivity index is 1.63. The summed E-state index contributed by atoms with van der Waals surface area (Å²) in [5.74, 6) is -2.91. The van der Waals surface area contributed by atoms with E-state index in [9.17, 15) is 19.5 Å². The second-order valence-electron chi connectivity index (χ2n) is 7.54. The highest BCUT2D eigenvalue weighted by Crippen LogP contribution is 2.48. The van der Waals surface area contributed by atoms with Gasteiger partial charge in [-0.1, -0.05) is 52.3 Å². The molecule has 0 saturated carbocycles. The second-order valence-corrected chi connectivity index (χ2v) is 8.45. The fourth-order valence-electron chi connectivity index (χ4n) is 4.32. The van der Waals surface area contributed by atoms with E-state index in [1.165, 1.54) is 11.1 Å². The molecule has 2 heterocycles. The summed E-state index contributed by atoms with van der Waals surface area (Å²) in [4.78, 5) is 46.0. The molecule has 3 aromatic rings. The number of imide groups is 1. The second kappa shape index (κ2) is 7.89. The van der Waals surface area contributed by atoms with E-state index in [0.717, 1.165) is 9.37 Å². The van der Waals surface area contributed by atoms with Gasteiger partial charge in [-0.2, -0.15) is 0 Å². The van der Waals surface area contributed by atoms with E-state index >= 15 is 0 Å². The molecular formula is C24H17BrN2O5. The van der Waals surface area contributed by atoms with E-state index < -0.39 is 35.8 Å². The van der Waals surface area contributed by atoms with Crippen molar-refractivity contribution in [1.82, 2.24) is 0 Å². The molecular weight excluding hydrogens is 476 g/mol. The largest absolute Gasteiger partial charge is 0.478 e. The number of carboxylic acid groups (broad SMARTS) is 1. The molecule has 5 rings (SSSR count). The molecule has 0 radical (unpaired) electrons. The zero-order chi connectivity index (χ0) is 22.4. The highest BCUT2D eigenvalue weighted by molar-refractivity contribution is 9.10. The number of carbonyl (C=O) groups excluding carboxylic acids is 2. The van der Waals surface area contributed by atoms with Crippen molar-refractivity contribution in [2.45, 2.75) is 12.1 Å². The van der Waals surface area contributed by atoms with E-state index in [1.807, 2.05) is 18.2 Å². The Kier molecular flexibility index (Phi) is 5.03. The van der Waals surface area contributed by atoms with Crippen molar-refractivity contribution >= 4 is 45.1 Å². The quantitative estimate of drug-likeness (QED) is 0.549. The number of aromatic carboxylic acids is 1. The maximum atomic E-state index is 13.6. The average molecular weight is 493 g/mol. The number of anilines is 2. The number of nitrogens with zero attached hydrogens (tertiary/aromatic N) is 2. The van der Waals surface area contributed by atoms with Crippen LogP contribution in [-0.2, 0) is 14.4 Å². The van der Waals surface area contributed by atoms with Crippen molar-refractivity contribution in [3.05, 3.63) is 94.5 Å². The van der Waals surface area contributed by atoms with Crippen LogP contribution in [0.15, 0.2) is 83.3 Å². The number of carbonyl (C=O) groups is 3. The van der Waals surface area contributed by atoms with Gasteiger partial charge in [0, 0.05) is 4.47 Å². The number of hydroxylamine groups is 1. The first-order valence-electron chi connectivity index (χ1n) is 9.94. The van der Waals surface area contributed by atoms with Crippen molar-refractivity contribution in [2.24, 2.45) is 5.92 Å². The molecule has 160 valence electrons. The molecule has 3 atom stereocenters. The van der Waals surface area contributed by atoms with Crippen LogP contribution in [0.2, 0.25) is 0 Å². The molecule has 2 amide bonds. The van der Waals surface area contributed by atoms with Gasteiger partial charge in [0.2, 0.25) is 5.91 Å². The lowest BCUT2D eigenvalue weighted by atomic mass is 9.88. The molecule has 2 aliphatic heterocycles. The standard InChI is InChI=1S/C24H17BrN2O5/c25-14-10-12-15(13-11-14)26-22(28)19-20(17-8-4-5-9-18(17)24(30)31)27(32-21(19)23(26)29)16-6-2-1-3-7-16/h1-13,19-21H,(H,30,31)/t19-,20+,21+/m0/s1. The number of rotatable bonds is 4. The van der Waals surface area contributed by atoms with Crippen LogP contribution in [0.25, 0.3) is 0 Å². The highest BCUT2D eigenvalue weighted by atomic mass is 79.9. The van der Waals surface area contributed by atoms with Crippen LogP contribution in [0.1, 0.15) is 22.0 Å². The molecule has 2 saturated heterocycles. The summed E-state index contributed by atoms with van der Waals surface area (Å²) < 4.78 is 0.820. The smallest absolute Gasteiger partial charge is 0.336 e. The molecule has 0 bridgehead atoms. The van der Waals surface area contributed by atoms with Crippen LogP contribution in [0.3, 0.4) is 0 Å². The Hall–Kier alpha value is -3.49. The zero-order valence-electron chi connectivity index (χ0n) is 16.6.